The van der Waals surface area contributed by atoms with Gasteiger partial charge in [0.2, 0.25) is 5.91 Å². The van der Waals surface area contributed by atoms with Gasteiger partial charge in [-0.05, 0) is 44.7 Å². The minimum Gasteiger partial charge on any atom is -0.381 e. The van der Waals surface area contributed by atoms with Gasteiger partial charge in [0.1, 0.15) is 0 Å². The molecule has 0 radical (unpaired) electrons. The van der Waals surface area contributed by atoms with Crippen molar-refractivity contribution in [2.45, 2.75) is 44.7 Å². The highest BCUT2D eigenvalue weighted by molar-refractivity contribution is 5.81. The van der Waals surface area contributed by atoms with E-state index in [1.54, 1.807) is 0 Å². The average Bonchev–Trinajstić information content (AvgIpc) is 2.92. The summed E-state index contributed by atoms with van der Waals surface area (Å²) in [6.07, 6.45) is 4.22. The highest BCUT2D eigenvalue weighted by Gasteiger charge is 2.28. The first-order valence-corrected chi connectivity index (χ1v) is 7.57. The van der Waals surface area contributed by atoms with Gasteiger partial charge in [-0.1, -0.05) is 6.92 Å². The Morgan fingerprint density at radius 1 is 1.42 bits per heavy atom. The molecule has 0 saturated carbocycles. The molecule has 2 aliphatic rings. The van der Waals surface area contributed by atoms with Crippen molar-refractivity contribution < 1.29 is 9.53 Å². The highest BCUT2D eigenvalue weighted by Crippen LogP contribution is 2.18. The van der Waals surface area contributed by atoms with Gasteiger partial charge < -0.3 is 15.8 Å². The fraction of sp³-hybridized carbons (Fsp3) is 0.929. The van der Waals surface area contributed by atoms with E-state index in [1.165, 1.54) is 12.8 Å². The summed E-state index contributed by atoms with van der Waals surface area (Å²) in [7, 11) is 0. The molecular formula is C14H27N3O2. The van der Waals surface area contributed by atoms with E-state index in [0.717, 1.165) is 45.7 Å². The largest absolute Gasteiger partial charge is 0.381 e. The molecule has 2 fully saturated rings. The van der Waals surface area contributed by atoms with Gasteiger partial charge in [-0.3, -0.25) is 9.69 Å². The number of hydrogen-bond acceptors (Lipinski definition) is 4. The summed E-state index contributed by atoms with van der Waals surface area (Å²) in [4.78, 5) is 14.5. The topological polar surface area (TPSA) is 67.6 Å². The molecule has 3 N–H and O–H groups in total. The van der Waals surface area contributed by atoms with E-state index >= 15 is 0 Å². The zero-order chi connectivity index (χ0) is 13.7. The molecule has 0 aromatic heterocycles. The normalized spacial score (nSPS) is 27.4. The number of likely N-dealkylation sites (tertiary alicyclic amines) is 1. The maximum Gasteiger partial charge on any atom is 0.237 e. The molecule has 5 heteroatoms. The lowest BCUT2D eigenvalue weighted by Crippen LogP contribution is -2.50. The summed E-state index contributed by atoms with van der Waals surface area (Å²) in [6, 6.07) is 0.121. The van der Waals surface area contributed by atoms with Crippen LogP contribution in [0.3, 0.4) is 0 Å². The second-order valence-electron chi connectivity index (χ2n) is 5.65. The Hall–Kier alpha value is -0.650. The SMILES string of the molecule is CCN1CCCC1CNC(=O)C(N)C1CCOCC1. The Balaban J connectivity index is 1.73. The molecule has 2 rings (SSSR count). The van der Waals surface area contributed by atoms with E-state index < -0.39 is 0 Å². The van der Waals surface area contributed by atoms with Gasteiger partial charge in [0.15, 0.2) is 0 Å². The third-order valence-electron chi connectivity index (χ3n) is 4.49. The molecule has 0 aromatic rings. The Bertz CT molecular complexity index is 292. The van der Waals surface area contributed by atoms with Crippen LogP contribution in [0.25, 0.3) is 0 Å². The lowest BCUT2D eigenvalue weighted by atomic mass is 9.92. The smallest absolute Gasteiger partial charge is 0.237 e. The molecular weight excluding hydrogens is 242 g/mol. The first-order valence-electron chi connectivity index (χ1n) is 7.57. The van der Waals surface area contributed by atoms with Gasteiger partial charge in [0, 0.05) is 25.8 Å². The van der Waals surface area contributed by atoms with E-state index in [2.05, 4.69) is 17.1 Å². The van der Waals surface area contributed by atoms with Crippen molar-refractivity contribution in [2.24, 2.45) is 11.7 Å². The van der Waals surface area contributed by atoms with Crippen LogP contribution in [-0.2, 0) is 9.53 Å². The van der Waals surface area contributed by atoms with E-state index in [0.29, 0.717) is 6.04 Å². The molecule has 2 saturated heterocycles. The summed E-state index contributed by atoms with van der Waals surface area (Å²) in [5, 5.41) is 3.04. The van der Waals surface area contributed by atoms with E-state index in [9.17, 15) is 4.79 Å². The number of nitrogens with zero attached hydrogens (tertiary/aromatic N) is 1. The Kier molecular flexibility index (Phi) is 5.60. The third kappa shape index (κ3) is 3.91. The fourth-order valence-electron chi connectivity index (χ4n) is 3.17. The Labute approximate surface area is 115 Å². The van der Waals surface area contributed by atoms with Gasteiger partial charge >= 0.3 is 0 Å². The maximum absolute atomic E-state index is 12.1. The first kappa shape index (κ1) is 14.8. The summed E-state index contributed by atoms with van der Waals surface area (Å²) < 4.78 is 5.31. The van der Waals surface area contributed by atoms with Crippen LogP contribution in [0.4, 0.5) is 0 Å². The summed E-state index contributed by atoms with van der Waals surface area (Å²) in [6.45, 7) is 6.60. The number of nitrogens with one attached hydrogen (secondary N) is 1. The number of amides is 1. The van der Waals surface area contributed by atoms with Crippen molar-refractivity contribution in [1.29, 1.82) is 0 Å². The Morgan fingerprint density at radius 2 is 2.16 bits per heavy atom. The molecule has 19 heavy (non-hydrogen) atoms. The molecule has 2 aliphatic heterocycles. The van der Waals surface area contributed by atoms with Crippen LogP contribution in [0.2, 0.25) is 0 Å². The molecule has 0 spiro atoms. The summed E-state index contributed by atoms with van der Waals surface area (Å²) in [5.41, 5.74) is 6.06. The molecule has 5 nitrogen and oxygen atoms in total. The number of likely N-dealkylation sites (N-methyl/N-ethyl adjacent to an activating group) is 1. The second-order valence-corrected chi connectivity index (χ2v) is 5.65. The molecule has 110 valence electrons. The van der Waals surface area contributed by atoms with Crippen molar-refractivity contribution >= 4 is 5.91 Å². The van der Waals surface area contributed by atoms with Crippen molar-refractivity contribution in [3.8, 4) is 0 Å². The number of carbonyl (C=O) groups is 1. The van der Waals surface area contributed by atoms with Crippen LogP contribution in [0.5, 0.6) is 0 Å². The maximum atomic E-state index is 12.1. The quantitative estimate of drug-likeness (QED) is 0.755. The number of nitrogens with two attached hydrogens (primary N) is 1. The van der Waals surface area contributed by atoms with Gasteiger partial charge in [-0.25, -0.2) is 0 Å². The van der Waals surface area contributed by atoms with E-state index in [-0.39, 0.29) is 17.9 Å². The van der Waals surface area contributed by atoms with Crippen LogP contribution < -0.4 is 11.1 Å². The minimum atomic E-state index is -0.375. The molecule has 2 atom stereocenters. The van der Waals surface area contributed by atoms with Gasteiger partial charge in [0.25, 0.3) is 0 Å². The Morgan fingerprint density at radius 3 is 2.84 bits per heavy atom. The summed E-state index contributed by atoms with van der Waals surface area (Å²) in [5.74, 6) is 0.287. The van der Waals surface area contributed by atoms with Crippen LogP contribution in [0.1, 0.15) is 32.6 Å². The monoisotopic (exact) mass is 269 g/mol. The number of rotatable bonds is 5. The number of hydrogen-bond donors (Lipinski definition) is 2. The first-order chi connectivity index (χ1) is 9.22. The van der Waals surface area contributed by atoms with Crippen LogP contribution >= 0.6 is 0 Å². The van der Waals surface area contributed by atoms with Gasteiger partial charge in [0.05, 0.1) is 6.04 Å². The van der Waals surface area contributed by atoms with Gasteiger partial charge in [-0.2, -0.15) is 0 Å². The van der Waals surface area contributed by atoms with Crippen LogP contribution in [-0.4, -0.2) is 55.7 Å². The predicted octanol–water partition coefficient (Wildman–Crippen LogP) is 0.341. The zero-order valence-electron chi connectivity index (χ0n) is 11.9. The average molecular weight is 269 g/mol. The van der Waals surface area contributed by atoms with E-state index in [1.807, 2.05) is 0 Å². The molecule has 0 aliphatic carbocycles. The standard InChI is InChI=1S/C14H27N3O2/c1-2-17-7-3-4-12(17)10-16-14(18)13(15)11-5-8-19-9-6-11/h11-13H,2-10,15H2,1H3,(H,16,18). The highest BCUT2D eigenvalue weighted by atomic mass is 16.5. The van der Waals surface area contributed by atoms with Crippen LogP contribution in [0, 0.1) is 5.92 Å². The van der Waals surface area contributed by atoms with Crippen molar-refractivity contribution in [3.05, 3.63) is 0 Å². The predicted molar refractivity (Wildman–Crippen MR) is 74.8 cm³/mol. The molecule has 0 aromatic carbocycles. The van der Waals surface area contributed by atoms with Crippen molar-refractivity contribution in [1.82, 2.24) is 10.2 Å². The molecule has 2 unspecified atom stereocenters. The minimum absolute atomic E-state index is 0.00912. The third-order valence-corrected chi connectivity index (χ3v) is 4.49. The van der Waals surface area contributed by atoms with Gasteiger partial charge in [-0.15, -0.1) is 0 Å². The zero-order valence-corrected chi connectivity index (χ0v) is 11.9. The fourth-order valence-corrected chi connectivity index (χ4v) is 3.17. The van der Waals surface area contributed by atoms with Crippen LogP contribution in [0.15, 0.2) is 0 Å². The molecule has 2 heterocycles. The van der Waals surface area contributed by atoms with E-state index in [4.69, 9.17) is 10.5 Å². The lowest BCUT2D eigenvalue weighted by molar-refractivity contribution is -0.124. The summed E-state index contributed by atoms with van der Waals surface area (Å²) >= 11 is 0. The number of carbonyl (C=O) groups excluding carboxylic acids is 1. The van der Waals surface area contributed by atoms with Crippen molar-refractivity contribution in [2.75, 3.05) is 32.8 Å². The lowest BCUT2D eigenvalue weighted by Gasteiger charge is -2.28. The molecule has 1 amide bonds. The molecule has 0 bridgehead atoms. The number of ether oxygens (including phenoxy) is 1. The second kappa shape index (κ2) is 7.22. The van der Waals surface area contributed by atoms with Crippen molar-refractivity contribution in [3.63, 3.8) is 0 Å².